The highest BCUT2D eigenvalue weighted by molar-refractivity contribution is 6.30. The summed E-state index contributed by atoms with van der Waals surface area (Å²) in [7, 11) is 0. The van der Waals surface area contributed by atoms with E-state index in [-0.39, 0.29) is 23.2 Å². The lowest BCUT2D eigenvalue weighted by molar-refractivity contribution is 0.103. The fourth-order valence-electron chi connectivity index (χ4n) is 2.26. The van der Waals surface area contributed by atoms with Gasteiger partial charge in [-0.2, -0.15) is 5.26 Å². The average Bonchev–Trinajstić information content (AvgIpc) is 2.48. The first kappa shape index (κ1) is 15.8. The van der Waals surface area contributed by atoms with Gasteiger partial charge in [0.2, 0.25) is 5.88 Å². The summed E-state index contributed by atoms with van der Waals surface area (Å²) in [5.41, 5.74) is -0.299. The maximum absolute atomic E-state index is 12.6. The number of nitriles is 1. The molecule has 0 fully saturated rings. The van der Waals surface area contributed by atoms with Crippen LogP contribution in [0.1, 0.15) is 34.0 Å². The highest BCUT2D eigenvalue weighted by Gasteiger charge is 2.24. The smallest absolute Gasteiger partial charge is 0.271 e. The van der Waals surface area contributed by atoms with Crippen LogP contribution in [0.2, 0.25) is 5.02 Å². The second-order valence-electron chi connectivity index (χ2n) is 4.70. The molecule has 0 aliphatic rings. The van der Waals surface area contributed by atoms with Crippen molar-refractivity contribution in [3.63, 3.8) is 0 Å². The SMILES string of the molecule is CCn1c(O)c(C(=O)c2ccc(Cl)cc2)c(C)c(C#N)c1=O. The van der Waals surface area contributed by atoms with Gasteiger partial charge in [-0.25, -0.2) is 0 Å². The van der Waals surface area contributed by atoms with E-state index in [1.807, 2.05) is 0 Å². The highest BCUT2D eigenvalue weighted by Crippen LogP contribution is 2.25. The Hall–Kier alpha value is -2.58. The third kappa shape index (κ3) is 2.49. The molecule has 0 atom stereocenters. The minimum atomic E-state index is -0.604. The number of carbonyl (C=O) groups excluding carboxylic acids is 1. The molecule has 5 nitrogen and oxygen atoms in total. The second kappa shape index (κ2) is 6.04. The van der Waals surface area contributed by atoms with Crippen LogP contribution in [0.4, 0.5) is 0 Å². The molecule has 0 unspecified atom stereocenters. The molecule has 0 aliphatic carbocycles. The van der Waals surface area contributed by atoms with Crippen molar-refractivity contribution < 1.29 is 9.90 Å². The predicted molar refractivity (Wildman–Crippen MR) is 82.4 cm³/mol. The normalized spacial score (nSPS) is 10.3. The fraction of sp³-hybridized carbons (Fsp3) is 0.188. The van der Waals surface area contributed by atoms with Gasteiger partial charge in [-0.05, 0) is 43.7 Å². The van der Waals surface area contributed by atoms with Gasteiger partial charge < -0.3 is 5.11 Å². The molecule has 0 saturated carbocycles. The Morgan fingerprint density at radius 1 is 1.36 bits per heavy atom. The zero-order valence-electron chi connectivity index (χ0n) is 12.1. The van der Waals surface area contributed by atoms with Crippen LogP contribution in [-0.2, 0) is 6.54 Å². The van der Waals surface area contributed by atoms with Crippen LogP contribution in [0.3, 0.4) is 0 Å². The number of hydrogen-bond acceptors (Lipinski definition) is 4. The van der Waals surface area contributed by atoms with Crippen LogP contribution < -0.4 is 5.56 Å². The number of halogens is 1. The molecule has 1 heterocycles. The van der Waals surface area contributed by atoms with Gasteiger partial charge in [0.15, 0.2) is 5.78 Å². The number of hydrogen-bond donors (Lipinski definition) is 1. The summed E-state index contributed by atoms with van der Waals surface area (Å²) in [6, 6.07) is 7.97. The van der Waals surface area contributed by atoms with Gasteiger partial charge >= 0.3 is 0 Å². The lowest BCUT2D eigenvalue weighted by Crippen LogP contribution is -2.26. The molecule has 112 valence electrons. The van der Waals surface area contributed by atoms with Gasteiger partial charge in [0, 0.05) is 17.1 Å². The summed E-state index contributed by atoms with van der Waals surface area (Å²) in [4.78, 5) is 24.7. The van der Waals surface area contributed by atoms with Crippen molar-refractivity contribution in [1.82, 2.24) is 4.57 Å². The van der Waals surface area contributed by atoms with E-state index in [4.69, 9.17) is 16.9 Å². The number of nitrogens with zero attached hydrogens (tertiary/aromatic N) is 2. The first-order valence-electron chi connectivity index (χ1n) is 6.59. The molecule has 22 heavy (non-hydrogen) atoms. The molecule has 1 N–H and O–H groups in total. The van der Waals surface area contributed by atoms with Crippen LogP contribution in [0.5, 0.6) is 5.88 Å². The van der Waals surface area contributed by atoms with Crippen LogP contribution in [-0.4, -0.2) is 15.5 Å². The van der Waals surface area contributed by atoms with E-state index in [1.165, 1.54) is 19.1 Å². The van der Waals surface area contributed by atoms with Crippen LogP contribution >= 0.6 is 11.6 Å². The minimum Gasteiger partial charge on any atom is -0.494 e. The van der Waals surface area contributed by atoms with E-state index >= 15 is 0 Å². The van der Waals surface area contributed by atoms with Gasteiger partial charge in [-0.1, -0.05) is 11.6 Å². The molecule has 0 spiro atoms. The Kier molecular flexibility index (Phi) is 4.34. The van der Waals surface area contributed by atoms with Crippen molar-refractivity contribution in [3.8, 4) is 11.9 Å². The first-order chi connectivity index (χ1) is 10.4. The topological polar surface area (TPSA) is 83.1 Å². The first-order valence-corrected chi connectivity index (χ1v) is 6.96. The lowest BCUT2D eigenvalue weighted by Gasteiger charge is -2.14. The van der Waals surface area contributed by atoms with Crippen molar-refractivity contribution in [2.75, 3.05) is 0 Å². The maximum Gasteiger partial charge on any atom is 0.271 e. The van der Waals surface area contributed by atoms with Gasteiger partial charge in [0.25, 0.3) is 5.56 Å². The summed E-state index contributed by atoms with van der Waals surface area (Å²) < 4.78 is 1.01. The molecule has 0 bridgehead atoms. The monoisotopic (exact) mass is 316 g/mol. The Balaban J connectivity index is 2.75. The molecule has 1 aromatic heterocycles. The number of benzene rings is 1. The van der Waals surface area contributed by atoms with Gasteiger partial charge in [-0.15, -0.1) is 0 Å². The van der Waals surface area contributed by atoms with E-state index < -0.39 is 17.2 Å². The Morgan fingerprint density at radius 3 is 2.45 bits per heavy atom. The number of rotatable bonds is 3. The molecular formula is C16H13ClN2O3. The Morgan fingerprint density at radius 2 is 1.95 bits per heavy atom. The van der Waals surface area contributed by atoms with Crippen molar-refractivity contribution in [3.05, 3.63) is 61.9 Å². The molecule has 6 heteroatoms. The van der Waals surface area contributed by atoms with Gasteiger partial charge in [0.1, 0.15) is 11.6 Å². The molecule has 2 rings (SSSR count). The summed E-state index contributed by atoms with van der Waals surface area (Å²) in [6.45, 7) is 3.28. The van der Waals surface area contributed by atoms with Gasteiger partial charge in [0.05, 0.1) is 5.56 Å². The molecule has 0 aliphatic heterocycles. The lowest BCUT2D eigenvalue weighted by atomic mass is 9.97. The largest absolute Gasteiger partial charge is 0.494 e. The zero-order chi connectivity index (χ0) is 16.4. The summed E-state index contributed by atoms with van der Waals surface area (Å²) in [5.74, 6) is -0.894. The van der Waals surface area contributed by atoms with Crippen molar-refractivity contribution in [2.45, 2.75) is 20.4 Å². The summed E-state index contributed by atoms with van der Waals surface area (Å²) >= 11 is 5.79. The highest BCUT2D eigenvalue weighted by atomic mass is 35.5. The third-order valence-corrected chi connectivity index (χ3v) is 3.70. The number of aromatic nitrogens is 1. The molecule has 0 saturated heterocycles. The van der Waals surface area contributed by atoms with Crippen molar-refractivity contribution in [1.29, 1.82) is 5.26 Å². The quantitative estimate of drug-likeness (QED) is 0.882. The minimum absolute atomic E-state index is 0.0414. The summed E-state index contributed by atoms with van der Waals surface area (Å²) in [6.07, 6.45) is 0. The molecule has 0 radical (unpaired) electrons. The molecule has 0 amide bonds. The van der Waals surface area contributed by atoms with Gasteiger partial charge in [-0.3, -0.25) is 14.2 Å². The zero-order valence-corrected chi connectivity index (χ0v) is 12.8. The Bertz CT molecular complexity index is 846. The van der Waals surface area contributed by atoms with Crippen LogP contribution in [0.15, 0.2) is 29.1 Å². The summed E-state index contributed by atoms with van der Waals surface area (Å²) in [5, 5.41) is 19.9. The Labute approximate surface area is 132 Å². The molecular weight excluding hydrogens is 304 g/mol. The second-order valence-corrected chi connectivity index (χ2v) is 5.13. The fourth-order valence-corrected chi connectivity index (χ4v) is 2.39. The van der Waals surface area contributed by atoms with Crippen molar-refractivity contribution >= 4 is 17.4 Å². The molecule has 2 aromatic rings. The predicted octanol–water partition coefficient (Wildman–Crippen LogP) is 2.64. The maximum atomic E-state index is 12.6. The van der Waals surface area contributed by atoms with Crippen molar-refractivity contribution in [2.24, 2.45) is 0 Å². The average molecular weight is 317 g/mol. The van der Waals surface area contributed by atoms with E-state index in [0.717, 1.165) is 4.57 Å². The number of carbonyl (C=O) groups is 1. The number of pyridine rings is 1. The third-order valence-electron chi connectivity index (χ3n) is 3.45. The molecule has 1 aromatic carbocycles. The number of ketones is 1. The number of aromatic hydroxyl groups is 1. The van der Waals surface area contributed by atoms with Crippen LogP contribution in [0, 0.1) is 18.3 Å². The standard InChI is InChI=1S/C16H13ClN2O3/c1-3-19-15(21)12(8-18)9(2)13(16(19)22)14(20)10-4-6-11(17)7-5-10/h4-7,22H,3H2,1-2H3. The van der Waals surface area contributed by atoms with E-state index in [2.05, 4.69) is 0 Å². The van der Waals surface area contributed by atoms with E-state index in [0.29, 0.717) is 10.6 Å². The van der Waals surface area contributed by atoms with E-state index in [9.17, 15) is 14.7 Å². The van der Waals surface area contributed by atoms with E-state index in [1.54, 1.807) is 25.1 Å². The van der Waals surface area contributed by atoms with Crippen LogP contribution in [0.25, 0.3) is 0 Å².